The Labute approximate surface area is 80.0 Å². The highest BCUT2D eigenvalue weighted by Crippen LogP contribution is 2.29. The predicted molar refractivity (Wildman–Crippen MR) is 54.3 cm³/mol. The fourth-order valence-corrected chi connectivity index (χ4v) is 1.25. The first-order chi connectivity index (χ1) is 5.96. The molecular weight excluding hydrogens is 162 g/mol. The van der Waals surface area contributed by atoms with Gasteiger partial charge in [0.1, 0.15) is 5.82 Å². The van der Waals surface area contributed by atoms with Crippen molar-refractivity contribution in [3.63, 3.8) is 0 Å². The SMILES string of the molecule is CCn1ccnc1C(N)C(C)(C)C. The van der Waals surface area contributed by atoms with Gasteiger partial charge in [0, 0.05) is 18.9 Å². The predicted octanol–water partition coefficient (Wildman–Crippen LogP) is 1.95. The zero-order chi connectivity index (χ0) is 10.1. The molecule has 1 unspecified atom stereocenters. The molecule has 0 bridgehead atoms. The molecule has 0 aromatic carbocycles. The third-order valence-electron chi connectivity index (χ3n) is 2.30. The van der Waals surface area contributed by atoms with Gasteiger partial charge in [-0.15, -0.1) is 0 Å². The summed E-state index contributed by atoms with van der Waals surface area (Å²) in [5.41, 5.74) is 6.18. The maximum absolute atomic E-state index is 6.11. The molecule has 0 amide bonds. The lowest BCUT2D eigenvalue weighted by Gasteiger charge is -2.26. The molecule has 0 aliphatic rings. The lowest BCUT2D eigenvalue weighted by Crippen LogP contribution is -2.29. The minimum atomic E-state index is 0.00227. The summed E-state index contributed by atoms with van der Waals surface area (Å²) in [6.07, 6.45) is 3.78. The molecule has 3 heteroatoms. The number of aryl methyl sites for hydroxylation is 1. The first kappa shape index (κ1) is 10.3. The van der Waals surface area contributed by atoms with Crippen LogP contribution in [0, 0.1) is 5.41 Å². The minimum Gasteiger partial charge on any atom is -0.334 e. The molecule has 0 spiro atoms. The zero-order valence-corrected chi connectivity index (χ0v) is 8.91. The van der Waals surface area contributed by atoms with Crippen LogP contribution in [-0.2, 0) is 6.54 Å². The van der Waals surface area contributed by atoms with Crippen LogP contribution in [0.1, 0.15) is 39.6 Å². The highest BCUT2D eigenvalue weighted by molar-refractivity contribution is 5.02. The van der Waals surface area contributed by atoms with Gasteiger partial charge in [0.25, 0.3) is 0 Å². The van der Waals surface area contributed by atoms with E-state index in [-0.39, 0.29) is 11.5 Å². The summed E-state index contributed by atoms with van der Waals surface area (Å²) in [4.78, 5) is 4.29. The van der Waals surface area contributed by atoms with E-state index < -0.39 is 0 Å². The second-order valence-electron chi connectivity index (χ2n) is 4.42. The Morgan fingerprint density at radius 1 is 1.54 bits per heavy atom. The second-order valence-corrected chi connectivity index (χ2v) is 4.42. The molecule has 1 atom stereocenters. The number of aromatic nitrogens is 2. The topological polar surface area (TPSA) is 43.8 Å². The first-order valence-corrected chi connectivity index (χ1v) is 4.73. The van der Waals surface area contributed by atoms with Crippen LogP contribution in [0.15, 0.2) is 12.4 Å². The summed E-state index contributed by atoms with van der Waals surface area (Å²) in [5.74, 6) is 0.981. The number of rotatable bonds is 2. The first-order valence-electron chi connectivity index (χ1n) is 4.73. The molecule has 2 N–H and O–H groups in total. The summed E-state index contributed by atoms with van der Waals surface area (Å²) in [6.45, 7) is 9.42. The van der Waals surface area contributed by atoms with Crippen LogP contribution >= 0.6 is 0 Å². The Bertz CT molecular complexity index is 270. The van der Waals surface area contributed by atoms with Crippen molar-refractivity contribution in [3.8, 4) is 0 Å². The molecule has 1 rings (SSSR count). The van der Waals surface area contributed by atoms with E-state index in [0.717, 1.165) is 12.4 Å². The van der Waals surface area contributed by atoms with Crippen LogP contribution in [0.4, 0.5) is 0 Å². The molecular formula is C10H19N3. The van der Waals surface area contributed by atoms with Crippen molar-refractivity contribution < 1.29 is 0 Å². The largest absolute Gasteiger partial charge is 0.334 e. The van der Waals surface area contributed by atoms with Crippen molar-refractivity contribution >= 4 is 0 Å². The number of nitrogens with zero attached hydrogens (tertiary/aromatic N) is 2. The van der Waals surface area contributed by atoms with Gasteiger partial charge in [0.05, 0.1) is 6.04 Å². The van der Waals surface area contributed by atoms with Crippen molar-refractivity contribution in [2.24, 2.45) is 11.1 Å². The lowest BCUT2D eigenvalue weighted by atomic mass is 9.87. The third kappa shape index (κ3) is 2.10. The van der Waals surface area contributed by atoms with Crippen molar-refractivity contribution in [1.29, 1.82) is 0 Å². The molecule has 1 aromatic heterocycles. The maximum atomic E-state index is 6.11. The van der Waals surface area contributed by atoms with Gasteiger partial charge in [-0.05, 0) is 12.3 Å². The maximum Gasteiger partial charge on any atom is 0.126 e. The number of imidazole rings is 1. The van der Waals surface area contributed by atoms with Crippen molar-refractivity contribution in [3.05, 3.63) is 18.2 Å². The average molecular weight is 181 g/mol. The number of hydrogen-bond acceptors (Lipinski definition) is 2. The molecule has 74 valence electrons. The zero-order valence-electron chi connectivity index (χ0n) is 8.91. The van der Waals surface area contributed by atoms with Gasteiger partial charge in [-0.2, -0.15) is 0 Å². The highest BCUT2D eigenvalue weighted by atomic mass is 15.1. The molecule has 0 saturated heterocycles. The summed E-state index contributed by atoms with van der Waals surface area (Å²) in [7, 11) is 0. The molecule has 0 saturated carbocycles. The molecule has 0 aliphatic carbocycles. The van der Waals surface area contributed by atoms with Gasteiger partial charge in [-0.25, -0.2) is 4.98 Å². The Hall–Kier alpha value is -0.830. The minimum absolute atomic E-state index is 0.00227. The normalized spacial score (nSPS) is 14.5. The van der Waals surface area contributed by atoms with E-state index in [2.05, 4.69) is 37.2 Å². The van der Waals surface area contributed by atoms with Crippen molar-refractivity contribution in [2.45, 2.75) is 40.3 Å². The second kappa shape index (κ2) is 3.50. The van der Waals surface area contributed by atoms with E-state index in [0.29, 0.717) is 0 Å². The van der Waals surface area contributed by atoms with E-state index in [9.17, 15) is 0 Å². The average Bonchev–Trinajstić information content (AvgIpc) is 2.48. The van der Waals surface area contributed by atoms with Gasteiger partial charge < -0.3 is 10.3 Å². The molecule has 0 fully saturated rings. The molecule has 13 heavy (non-hydrogen) atoms. The van der Waals surface area contributed by atoms with Gasteiger partial charge >= 0.3 is 0 Å². The molecule has 3 nitrogen and oxygen atoms in total. The monoisotopic (exact) mass is 181 g/mol. The van der Waals surface area contributed by atoms with E-state index in [1.165, 1.54) is 0 Å². The summed E-state index contributed by atoms with van der Waals surface area (Å²) in [5, 5.41) is 0. The number of hydrogen-bond donors (Lipinski definition) is 1. The molecule has 1 aromatic rings. The van der Waals surface area contributed by atoms with E-state index in [4.69, 9.17) is 5.73 Å². The standard InChI is InChI=1S/C10H19N3/c1-5-13-7-6-12-9(13)8(11)10(2,3)4/h6-8H,5,11H2,1-4H3. The van der Waals surface area contributed by atoms with Gasteiger partial charge in [0.2, 0.25) is 0 Å². The molecule has 1 heterocycles. The Morgan fingerprint density at radius 2 is 2.15 bits per heavy atom. The Morgan fingerprint density at radius 3 is 2.62 bits per heavy atom. The van der Waals surface area contributed by atoms with Crippen LogP contribution in [0.2, 0.25) is 0 Å². The molecule has 0 aliphatic heterocycles. The fraction of sp³-hybridized carbons (Fsp3) is 0.700. The summed E-state index contributed by atoms with van der Waals surface area (Å²) < 4.78 is 2.09. The van der Waals surface area contributed by atoms with Crippen LogP contribution in [-0.4, -0.2) is 9.55 Å². The Kier molecular flexibility index (Phi) is 2.76. The summed E-state index contributed by atoms with van der Waals surface area (Å²) >= 11 is 0. The smallest absolute Gasteiger partial charge is 0.126 e. The van der Waals surface area contributed by atoms with E-state index in [1.807, 2.05) is 12.4 Å². The lowest BCUT2D eigenvalue weighted by molar-refractivity contribution is 0.308. The highest BCUT2D eigenvalue weighted by Gasteiger charge is 2.25. The van der Waals surface area contributed by atoms with Gasteiger partial charge in [0.15, 0.2) is 0 Å². The summed E-state index contributed by atoms with van der Waals surface area (Å²) in [6, 6.07) is 0.00227. The molecule has 0 radical (unpaired) electrons. The third-order valence-corrected chi connectivity index (χ3v) is 2.30. The quantitative estimate of drug-likeness (QED) is 0.757. The van der Waals surface area contributed by atoms with Crippen LogP contribution in [0.25, 0.3) is 0 Å². The van der Waals surface area contributed by atoms with Gasteiger partial charge in [-0.1, -0.05) is 20.8 Å². The number of nitrogens with two attached hydrogens (primary N) is 1. The van der Waals surface area contributed by atoms with Crippen molar-refractivity contribution in [1.82, 2.24) is 9.55 Å². The van der Waals surface area contributed by atoms with E-state index >= 15 is 0 Å². The van der Waals surface area contributed by atoms with Crippen LogP contribution < -0.4 is 5.73 Å². The van der Waals surface area contributed by atoms with Gasteiger partial charge in [-0.3, -0.25) is 0 Å². The van der Waals surface area contributed by atoms with E-state index in [1.54, 1.807) is 0 Å². The van der Waals surface area contributed by atoms with Crippen LogP contribution in [0.5, 0.6) is 0 Å². The van der Waals surface area contributed by atoms with Crippen LogP contribution in [0.3, 0.4) is 0 Å². The fourth-order valence-electron chi connectivity index (χ4n) is 1.25. The van der Waals surface area contributed by atoms with Crippen molar-refractivity contribution in [2.75, 3.05) is 0 Å². The Balaban J connectivity index is 2.94.